The molecule has 3 rings (SSSR count). The van der Waals surface area contributed by atoms with Crippen LogP contribution in [-0.4, -0.2) is 9.55 Å². The lowest BCUT2D eigenvalue weighted by atomic mass is 10.2. The van der Waals surface area contributed by atoms with Gasteiger partial charge in [-0.25, -0.2) is 9.78 Å². The van der Waals surface area contributed by atoms with E-state index in [0.717, 1.165) is 5.39 Å². The Morgan fingerprint density at radius 3 is 2.94 bits per heavy atom. The van der Waals surface area contributed by atoms with Gasteiger partial charge in [-0.2, -0.15) is 0 Å². The fourth-order valence-corrected chi connectivity index (χ4v) is 1.66. The van der Waals surface area contributed by atoms with Crippen LogP contribution in [0, 0.1) is 0 Å². The molecule has 0 saturated heterocycles. The van der Waals surface area contributed by atoms with E-state index in [1.165, 1.54) is 0 Å². The lowest BCUT2D eigenvalue weighted by Crippen LogP contribution is -2.05. The number of hydrogen-bond acceptors (Lipinski definition) is 4. The number of para-hydroxylation sites is 1. The van der Waals surface area contributed by atoms with Gasteiger partial charge in [0.15, 0.2) is 0 Å². The summed E-state index contributed by atoms with van der Waals surface area (Å²) in [4.78, 5) is 15.7. The highest BCUT2D eigenvalue weighted by Crippen LogP contribution is 2.20. The summed E-state index contributed by atoms with van der Waals surface area (Å²) in [5, 5.41) is 0.807. The summed E-state index contributed by atoms with van der Waals surface area (Å²) in [6.07, 6.45) is 3.33. The third-order valence-corrected chi connectivity index (χ3v) is 2.59. The van der Waals surface area contributed by atoms with Gasteiger partial charge in [0.2, 0.25) is 5.75 Å². The van der Waals surface area contributed by atoms with Crippen molar-refractivity contribution >= 4 is 11.0 Å². The van der Waals surface area contributed by atoms with Crippen molar-refractivity contribution in [3.05, 3.63) is 53.1 Å². The highest BCUT2D eigenvalue weighted by Gasteiger charge is 2.09. The van der Waals surface area contributed by atoms with Gasteiger partial charge >= 0.3 is 11.6 Å². The van der Waals surface area contributed by atoms with Gasteiger partial charge in [-0.3, -0.25) is 0 Å². The summed E-state index contributed by atoms with van der Waals surface area (Å²) >= 11 is 0. The van der Waals surface area contributed by atoms with Crippen LogP contribution in [0.5, 0.6) is 11.8 Å². The average molecular weight is 242 g/mol. The zero-order valence-corrected chi connectivity index (χ0v) is 9.66. The lowest BCUT2D eigenvalue weighted by molar-refractivity contribution is 0.396. The van der Waals surface area contributed by atoms with Gasteiger partial charge in [0.25, 0.3) is 0 Å². The average Bonchev–Trinajstić information content (AvgIpc) is 2.76. The summed E-state index contributed by atoms with van der Waals surface area (Å²) in [5.41, 5.74) is 0.0198. The predicted octanol–water partition coefficient (Wildman–Crippen LogP) is 2.32. The number of hydrogen-bond donors (Lipinski definition) is 0. The minimum absolute atomic E-state index is 0.128. The van der Waals surface area contributed by atoms with Gasteiger partial charge < -0.3 is 13.7 Å². The number of benzene rings is 1. The number of nitrogens with zero attached hydrogens (tertiary/aromatic N) is 2. The Hall–Kier alpha value is -2.56. The maximum absolute atomic E-state index is 11.7. The van der Waals surface area contributed by atoms with Crippen LogP contribution < -0.4 is 10.4 Å². The normalized spacial score (nSPS) is 10.7. The highest BCUT2D eigenvalue weighted by atomic mass is 16.5. The van der Waals surface area contributed by atoms with Crippen LogP contribution >= 0.6 is 0 Å². The monoisotopic (exact) mass is 242 g/mol. The number of fused-ring (bicyclic) bond motifs is 1. The minimum Gasteiger partial charge on any atom is -0.420 e. The smallest absolute Gasteiger partial charge is 0.379 e. The van der Waals surface area contributed by atoms with E-state index in [1.54, 1.807) is 36.1 Å². The summed E-state index contributed by atoms with van der Waals surface area (Å²) in [7, 11) is 1.78. The van der Waals surface area contributed by atoms with Gasteiger partial charge in [0, 0.05) is 24.8 Å². The molecule has 0 unspecified atom stereocenters. The molecule has 0 atom stereocenters. The molecule has 2 heterocycles. The molecular weight excluding hydrogens is 232 g/mol. The Balaban J connectivity index is 2.09. The Bertz CT molecular complexity index is 758. The molecule has 0 aliphatic carbocycles. The SMILES string of the molecule is Cn1ccnc1Oc1cc2ccccc2oc1=O. The van der Waals surface area contributed by atoms with Crippen LogP contribution in [-0.2, 0) is 7.05 Å². The van der Waals surface area contributed by atoms with Crippen LogP contribution in [0.15, 0.2) is 51.9 Å². The quantitative estimate of drug-likeness (QED) is 0.647. The molecule has 1 aromatic carbocycles. The Morgan fingerprint density at radius 1 is 1.33 bits per heavy atom. The van der Waals surface area contributed by atoms with Gasteiger partial charge in [-0.15, -0.1) is 0 Å². The van der Waals surface area contributed by atoms with E-state index in [-0.39, 0.29) is 5.75 Å². The molecule has 3 aromatic rings. The fourth-order valence-electron chi connectivity index (χ4n) is 1.66. The number of rotatable bonds is 2. The summed E-state index contributed by atoms with van der Waals surface area (Å²) in [6, 6.07) is 9.26. The molecule has 5 heteroatoms. The number of aromatic nitrogens is 2. The van der Waals surface area contributed by atoms with Crippen molar-refractivity contribution in [2.24, 2.45) is 7.05 Å². The zero-order valence-electron chi connectivity index (χ0n) is 9.66. The molecule has 18 heavy (non-hydrogen) atoms. The molecule has 0 aliphatic heterocycles. The lowest BCUT2D eigenvalue weighted by Gasteiger charge is -2.04. The zero-order chi connectivity index (χ0) is 12.5. The third-order valence-electron chi connectivity index (χ3n) is 2.59. The Labute approximate surface area is 102 Å². The molecule has 90 valence electrons. The molecule has 5 nitrogen and oxygen atoms in total. The van der Waals surface area contributed by atoms with E-state index < -0.39 is 5.63 Å². The van der Waals surface area contributed by atoms with Crippen LogP contribution in [0.4, 0.5) is 0 Å². The highest BCUT2D eigenvalue weighted by molar-refractivity contribution is 5.77. The van der Waals surface area contributed by atoms with Crippen molar-refractivity contribution < 1.29 is 9.15 Å². The van der Waals surface area contributed by atoms with E-state index in [9.17, 15) is 4.79 Å². The van der Waals surface area contributed by atoms with E-state index in [0.29, 0.717) is 11.6 Å². The number of imidazole rings is 1. The standard InChI is InChI=1S/C13H10N2O3/c1-15-7-6-14-13(15)18-11-8-9-4-2-3-5-10(9)17-12(11)16/h2-8H,1H3. The molecule has 2 aromatic heterocycles. The molecular formula is C13H10N2O3. The van der Waals surface area contributed by atoms with Gasteiger partial charge in [0.1, 0.15) is 5.58 Å². The summed E-state index contributed by atoms with van der Waals surface area (Å²) in [5.74, 6) is 0.128. The van der Waals surface area contributed by atoms with Gasteiger partial charge in [-0.05, 0) is 12.1 Å². The van der Waals surface area contributed by atoms with Crippen molar-refractivity contribution in [2.45, 2.75) is 0 Å². The van der Waals surface area contributed by atoms with Crippen LogP contribution in [0.2, 0.25) is 0 Å². The second-order valence-corrected chi connectivity index (χ2v) is 3.86. The van der Waals surface area contributed by atoms with E-state index in [2.05, 4.69) is 4.98 Å². The molecule has 0 aliphatic rings. The first-order valence-corrected chi connectivity index (χ1v) is 5.42. The third kappa shape index (κ3) is 1.75. The largest absolute Gasteiger partial charge is 0.420 e. The number of ether oxygens (including phenoxy) is 1. The first kappa shape index (κ1) is 10.6. The van der Waals surface area contributed by atoms with Gasteiger partial charge in [0.05, 0.1) is 0 Å². The maximum Gasteiger partial charge on any atom is 0.379 e. The minimum atomic E-state index is -0.517. The predicted molar refractivity (Wildman–Crippen MR) is 65.8 cm³/mol. The second kappa shape index (κ2) is 4.03. The molecule has 0 radical (unpaired) electrons. The molecule has 0 fully saturated rings. The molecule has 0 bridgehead atoms. The number of aryl methyl sites for hydroxylation is 1. The van der Waals surface area contributed by atoms with Crippen molar-refractivity contribution in [3.63, 3.8) is 0 Å². The maximum atomic E-state index is 11.7. The van der Waals surface area contributed by atoms with Crippen LogP contribution in [0.25, 0.3) is 11.0 Å². The second-order valence-electron chi connectivity index (χ2n) is 3.86. The first-order chi connectivity index (χ1) is 8.74. The van der Waals surface area contributed by atoms with Crippen LogP contribution in [0.3, 0.4) is 0 Å². The van der Waals surface area contributed by atoms with E-state index in [4.69, 9.17) is 9.15 Å². The van der Waals surface area contributed by atoms with Gasteiger partial charge in [-0.1, -0.05) is 18.2 Å². The summed E-state index contributed by atoms with van der Waals surface area (Å²) in [6.45, 7) is 0. The molecule has 0 saturated carbocycles. The van der Waals surface area contributed by atoms with Crippen LogP contribution in [0.1, 0.15) is 0 Å². The van der Waals surface area contributed by atoms with Crippen molar-refractivity contribution in [2.75, 3.05) is 0 Å². The van der Waals surface area contributed by atoms with E-state index >= 15 is 0 Å². The fraction of sp³-hybridized carbons (Fsp3) is 0.0769. The Kier molecular flexibility index (Phi) is 2.37. The van der Waals surface area contributed by atoms with Crippen molar-refractivity contribution in [1.82, 2.24) is 9.55 Å². The Morgan fingerprint density at radius 2 is 2.17 bits per heavy atom. The first-order valence-electron chi connectivity index (χ1n) is 5.42. The molecule has 0 amide bonds. The summed E-state index contributed by atoms with van der Waals surface area (Å²) < 4.78 is 12.3. The molecule has 0 N–H and O–H groups in total. The van der Waals surface area contributed by atoms with Crippen molar-refractivity contribution in [3.8, 4) is 11.8 Å². The van der Waals surface area contributed by atoms with E-state index in [1.807, 2.05) is 18.2 Å². The van der Waals surface area contributed by atoms with Crippen molar-refractivity contribution in [1.29, 1.82) is 0 Å². The molecule has 0 spiro atoms. The topological polar surface area (TPSA) is 57.3 Å².